The van der Waals surface area contributed by atoms with Crippen LogP contribution in [0.3, 0.4) is 0 Å². The molecule has 0 saturated carbocycles. The van der Waals surface area contributed by atoms with Gasteiger partial charge in [-0.25, -0.2) is 0 Å². The lowest BCUT2D eigenvalue weighted by Gasteiger charge is -2.08. The molecule has 0 unspecified atom stereocenters. The van der Waals surface area contributed by atoms with Crippen LogP contribution in [0.5, 0.6) is 11.5 Å². The second kappa shape index (κ2) is 5.59. The Morgan fingerprint density at radius 1 is 1.21 bits per heavy atom. The zero-order chi connectivity index (χ0) is 14.0. The highest BCUT2D eigenvalue weighted by Gasteiger charge is 2.17. The largest absolute Gasteiger partial charge is 0.449 e. The summed E-state index contributed by atoms with van der Waals surface area (Å²) in [6.45, 7) is 1.90. The van der Waals surface area contributed by atoms with Crippen LogP contribution >= 0.6 is 27.5 Å². The maximum Gasteiger partial charge on any atom is 0.312 e. The molecule has 19 heavy (non-hydrogen) atoms. The molecule has 98 valence electrons. The van der Waals surface area contributed by atoms with Gasteiger partial charge in [0.15, 0.2) is 0 Å². The number of aryl methyl sites for hydroxylation is 1. The van der Waals surface area contributed by atoms with Crippen molar-refractivity contribution in [3.63, 3.8) is 0 Å². The molecule has 0 amide bonds. The summed E-state index contributed by atoms with van der Waals surface area (Å²) in [6, 6.07) is 9.83. The van der Waals surface area contributed by atoms with Crippen molar-refractivity contribution >= 4 is 33.2 Å². The third-order valence-electron chi connectivity index (χ3n) is 2.42. The van der Waals surface area contributed by atoms with Crippen LogP contribution in [-0.2, 0) is 0 Å². The van der Waals surface area contributed by atoms with Crippen LogP contribution in [0.1, 0.15) is 5.56 Å². The third-order valence-corrected chi connectivity index (χ3v) is 3.21. The maximum absolute atomic E-state index is 11.0. The highest BCUT2D eigenvalue weighted by Crippen LogP contribution is 2.36. The van der Waals surface area contributed by atoms with E-state index in [0.29, 0.717) is 15.2 Å². The van der Waals surface area contributed by atoms with Gasteiger partial charge in [-0.3, -0.25) is 10.1 Å². The number of nitro groups is 1. The Balaban J connectivity index is 2.40. The lowest BCUT2D eigenvalue weighted by Crippen LogP contribution is -1.94. The maximum atomic E-state index is 11.0. The Labute approximate surface area is 123 Å². The summed E-state index contributed by atoms with van der Waals surface area (Å²) < 4.78 is 6.13. The molecule has 2 aromatic rings. The molecular weight excluding hydrogens is 334 g/mol. The van der Waals surface area contributed by atoms with Crippen molar-refractivity contribution in [1.82, 2.24) is 0 Å². The van der Waals surface area contributed by atoms with E-state index in [-0.39, 0.29) is 11.4 Å². The second-order valence-corrected chi connectivity index (χ2v) is 5.23. The van der Waals surface area contributed by atoms with Gasteiger partial charge in [-0.05, 0) is 36.8 Å². The third kappa shape index (κ3) is 3.24. The summed E-state index contributed by atoms with van der Waals surface area (Å²) in [7, 11) is 0. The molecule has 0 aromatic heterocycles. The van der Waals surface area contributed by atoms with Gasteiger partial charge in [0.25, 0.3) is 0 Å². The number of hydrogen-bond acceptors (Lipinski definition) is 3. The minimum Gasteiger partial charge on any atom is -0.449 e. The molecule has 4 nitrogen and oxygen atoms in total. The molecule has 0 heterocycles. The van der Waals surface area contributed by atoms with Crippen LogP contribution < -0.4 is 4.74 Å². The van der Waals surface area contributed by atoms with Crippen LogP contribution in [0, 0.1) is 17.0 Å². The van der Waals surface area contributed by atoms with Crippen LogP contribution in [0.4, 0.5) is 5.69 Å². The van der Waals surface area contributed by atoms with Gasteiger partial charge in [0.05, 0.1) is 9.95 Å². The first-order valence-electron chi connectivity index (χ1n) is 5.35. The Morgan fingerprint density at radius 2 is 1.89 bits per heavy atom. The van der Waals surface area contributed by atoms with E-state index in [4.69, 9.17) is 16.3 Å². The van der Waals surface area contributed by atoms with Gasteiger partial charge < -0.3 is 4.74 Å². The summed E-state index contributed by atoms with van der Waals surface area (Å²) in [5, 5.41) is 11.4. The molecule has 0 saturated heterocycles. The Kier molecular flexibility index (Phi) is 4.07. The number of nitro benzene ring substituents is 1. The van der Waals surface area contributed by atoms with Crippen LogP contribution in [0.25, 0.3) is 0 Å². The van der Waals surface area contributed by atoms with Crippen molar-refractivity contribution in [2.75, 3.05) is 0 Å². The van der Waals surface area contributed by atoms with Crippen molar-refractivity contribution in [1.29, 1.82) is 0 Å². The first-order chi connectivity index (χ1) is 8.97. The summed E-state index contributed by atoms with van der Waals surface area (Å²) in [5.74, 6) is 0.539. The molecule has 2 rings (SSSR count). The first-order valence-corrected chi connectivity index (χ1v) is 6.52. The van der Waals surface area contributed by atoms with Gasteiger partial charge in [-0.15, -0.1) is 0 Å². The van der Waals surface area contributed by atoms with E-state index < -0.39 is 4.92 Å². The molecule has 0 radical (unpaired) electrons. The SMILES string of the molecule is Cc1ccc(Oc2ccc(Br)cc2[N+](=O)[O-])c(Cl)c1. The Morgan fingerprint density at radius 3 is 2.53 bits per heavy atom. The Bertz CT molecular complexity index is 646. The van der Waals surface area contributed by atoms with Gasteiger partial charge >= 0.3 is 5.69 Å². The molecule has 0 N–H and O–H groups in total. The lowest BCUT2D eigenvalue weighted by atomic mass is 10.2. The van der Waals surface area contributed by atoms with E-state index in [1.165, 1.54) is 12.1 Å². The summed E-state index contributed by atoms with van der Waals surface area (Å²) in [4.78, 5) is 10.5. The lowest BCUT2D eigenvalue weighted by molar-refractivity contribution is -0.385. The van der Waals surface area contributed by atoms with E-state index in [2.05, 4.69) is 15.9 Å². The molecule has 0 bridgehead atoms. The second-order valence-electron chi connectivity index (χ2n) is 3.91. The van der Waals surface area contributed by atoms with Crippen LogP contribution in [-0.4, -0.2) is 4.92 Å². The zero-order valence-corrected chi connectivity index (χ0v) is 12.2. The van der Waals surface area contributed by atoms with Crippen LogP contribution in [0.2, 0.25) is 5.02 Å². The van der Waals surface area contributed by atoms with Crippen molar-refractivity contribution < 1.29 is 9.66 Å². The molecular formula is C13H9BrClNO3. The van der Waals surface area contributed by atoms with E-state index in [1.807, 2.05) is 13.0 Å². The van der Waals surface area contributed by atoms with E-state index in [1.54, 1.807) is 18.2 Å². The topological polar surface area (TPSA) is 52.4 Å². The van der Waals surface area contributed by atoms with E-state index in [0.717, 1.165) is 5.56 Å². The average Bonchev–Trinajstić information content (AvgIpc) is 2.34. The Hall–Kier alpha value is -1.59. The minimum atomic E-state index is -0.498. The van der Waals surface area contributed by atoms with Gasteiger partial charge in [-0.2, -0.15) is 0 Å². The molecule has 0 spiro atoms. The molecule has 6 heteroatoms. The van der Waals surface area contributed by atoms with Crippen molar-refractivity contribution in [2.45, 2.75) is 6.92 Å². The number of halogens is 2. The fourth-order valence-corrected chi connectivity index (χ4v) is 2.15. The van der Waals surface area contributed by atoms with Gasteiger partial charge in [0, 0.05) is 10.5 Å². The predicted molar refractivity (Wildman–Crippen MR) is 77.1 cm³/mol. The van der Waals surface area contributed by atoms with E-state index >= 15 is 0 Å². The first kappa shape index (κ1) is 13.8. The van der Waals surface area contributed by atoms with Crippen molar-refractivity contribution in [3.05, 3.63) is 61.6 Å². The average molecular weight is 343 g/mol. The predicted octanol–water partition coefficient (Wildman–Crippen LogP) is 5.11. The molecule has 2 aromatic carbocycles. The molecule has 0 aliphatic heterocycles. The van der Waals surface area contributed by atoms with Crippen molar-refractivity contribution in [2.24, 2.45) is 0 Å². The monoisotopic (exact) mass is 341 g/mol. The van der Waals surface area contributed by atoms with Gasteiger partial charge in [-0.1, -0.05) is 33.6 Å². The number of hydrogen-bond donors (Lipinski definition) is 0. The number of rotatable bonds is 3. The molecule has 0 fully saturated rings. The van der Waals surface area contributed by atoms with Gasteiger partial charge in [0.2, 0.25) is 5.75 Å². The number of benzene rings is 2. The molecule has 0 atom stereocenters. The zero-order valence-electron chi connectivity index (χ0n) is 9.89. The molecule has 0 aliphatic carbocycles. The fourth-order valence-electron chi connectivity index (χ4n) is 1.53. The smallest absolute Gasteiger partial charge is 0.312 e. The fraction of sp³-hybridized carbons (Fsp3) is 0.0769. The number of ether oxygens (including phenoxy) is 1. The molecule has 0 aliphatic rings. The summed E-state index contributed by atoms with van der Waals surface area (Å²) in [6.07, 6.45) is 0. The highest BCUT2D eigenvalue weighted by molar-refractivity contribution is 9.10. The summed E-state index contributed by atoms with van der Waals surface area (Å²) >= 11 is 9.23. The van der Waals surface area contributed by atoms with Crippen LogP contribution in [0.15, 0.2) is 40.9 Å². The quantitative estimate of drug-likeness (QED) is 0.575. The number of nitrogens with zero attached hydrogens (tertiary/aromatic N) is 1. The van der Waals surface area contributed by atoms with E-state index in [9.17, 15) is 10.1 Å². The normalized spacial score (nSPS) is 10.3. The minimum absolute atomic E-state index is 0.119. The van der Waals surface area contributed by atoms with Gasteiger partial charge in [0.1, 0.15) is 5.75 Å². The summed E-state index contributed by atoms with van der Waals surface area (Å²) in [5.41, 5.74) is 0.869. The van der Waals surface area contributed by atoms with Crippen molar-refractivity contribution in [3.8, 4) is 11.5 Å². The standard InChI is InChI=1S/C13H9BrClNO3/c1-8-2-4-12(10(15)6-8)19-13-5-3-9(14)7-11(13)16(17)18/h2-7H,1H3. The highest BCUT2D eigenvalue weighted by atomic mass is 79.9.